The third-order valence-electron chi connectivity index (χ3n) is 5.50. The van der Waals surface area contributed by atoms with Crippen LogP contribution in [0.1, 0.15) is 59.2 Å². The van der Waals surface area contributed by atoms with Gasteiger partial charge in [-0.1, -0.05) is 11.6 Å². The summed E-state index contributed by atoms with van der Waals surface area (Å²) in [4.78, 5) is 44.5. The zero-order valence-corrected chi connectivity index (χ0v) is 19.6. The second kappa shape index (κ2) is 8.36. The Morgan fingerprint density at radius 3 is 2.48 bits per heavy atom. The van der Waals surface area contributed by atoms with Crippen molar-refractivity contribution in [3.63, 3.8) is 0 Å². The summed E-state index contributed by atoms with van der Waals surface area (Å²) in [6.45, 7) is 11.1. The van der Waals surface area contributed by atoms with Gasteiger partial charge >= 0.3 is 11.8 Å². The van der Waals surface area contributed by atoms with E-state index in [0.29, 0.717) is 30.8 Å². The van der Waals surface area contributed by atoms with Crippen LogP contribution in [0.4, 0.5) is 4.79 Å². The molecule has 3 rings (SSSR count). The van der Waals surface area contributed by atoms with Crippen molar-refractivity contribution in [1.82, 2.24) is 23.6 Å². The summed E-state index contributed by atoms with van der Waals surface area (Å²) < 4.78 is 9.97. The van der Waals surface area contributed by atoms with E-state index in [9.17, 15) is 14.4 Å². The monoisotopic (exact) mass is 431 g/mol. The molecule has 0 spiro atoms. The lowest BCUT2D eigenvalue weighted by atomic mass is 9.97. The number of aromatic nitrogens is 4. The number of ether oxygens (including phenoxy) is 1. The van der Waals surface area contributed by atoms with Crippen molar-refractivity contribution < 1.29 is 9.53 Å². The molecule has 2 aromatic rings. The average molecular weight is 432 g/mol. The molecule has 2 aromatic heterocycles. The van der Waals surface area contributed by atoms with Crippen LogP contribution >= 0.6 is 0 Å². The number of imidazole rings is 1. The van der Waals surface area contributed by atoms with Gasteiger partial charge in [0.15, 0.2) is 11.2 Å². The standard InChI is InChI=1S/C22H33N5O4/c1-14(2)10-12-27-16-18(24(6)20(29)25(7)19(16)28)23-17(27)15-9-8-11-26(13-15)21(30)31-22(3,4)5/h10,15H,8-9,11-13H2,1-7H3. The van der Waals surface area contributed by atoms with E-state index in [0.717, 1.165) is 28.8 Å². The number of likely N-dealkylation sites (tertiary alicyclic amines) is 1. The van der Waals surface area contributed by atoms with Crippen molar-refractivity contribution in [1.29, 1.82) is 0 Å². The van der Waals surface area contributed by atoms with Gasteiger partial charge in [-0.3, -0.25) is 13.9 Å². The molecule has 1 aliphatic rings. The lowest BCUT2D eigenvalue weighted by Gasteiger charge is -2.34. The third-order valence-corrected chi connectivity index (χ3v) is 5.50. The highest BCUT2D eigenvalue weighted by Gasteiger charge is 2.32. The van der Waals surface area contributed by atoms with E-state index in [4.69, 9.17) is 9.72 Å². The van der Waals surface area contributed by atoms with Gasteiger partial charge in [-0.15, -0.1) is 0 Å². The van der Waals surface area contributed by atoms with Crippen LogP contribution in [-0.4, -0.2) is 48.4 Å². The molecule has 3 heterocycles. The summed E-state index contributed by atoms with van der Waals surface area (Å²) in [5.74, 6) is 0.665. The fraction of sp³-hybridized carbons (Fsp3) is 0.636. The Morgan fingerprint density at radius 2 is 1.87 bits per heavy atom. The van der Waals surface area contributed by atoms with Crippen LogP contribution < -0.4 is 11.2 Å². The highest BCUT2D eigenvalue weighted by Crippen LogP contribution is 2.29. The molecule has 1 unspecified atom stereocenters. The van der Waals surface area contributed by atoms with Crippen molar-refractivity contribution in [2.24, 2.45) is 14.1 Å². The predicted octanol–water partition coefficient (Wildman–Crippen LogP) is 2.51. The zero-order valence-electron chi connectivity index (χ0n) is 19.6. The summed E-state index contributed by atoms with van der Waals surface area (Å²) in [6.07, 6.45) is 3.34. The number of hydrogen-bond acceptors (Lipinski definition) is 5. The Labute approximate surface area is 181 Å². The first-order chi connectivity index (χ1) is 14.4. The molecule has 0 aromatic carbocycles. The lowest BCUT2D eigenvalue weighted by Crippen LogP contribution is -2.42. The Balaban J connectivity index is 2.09. The van der Waals surface area contributed by atoms with Crippen molar-refractivity contribution in [2.75, 3.05) is 13.1 Å². The maximum atomic E-state index is 13.0. The van der Waals surface area contributed by atoms with E-state index in [1.165, 1.54) is 11.6 Å². The second-order valence-electron chi connectivity index (χ2n) is 9.51. The molecular weight excluding hydrogens is 398 g/mol. The largest absolute Gasteiger partial charge is 0.444 e. The summed E-state index contributed by atoms with van der Waals surface area (Å²) in [5, 5.41) is 0. The molecule has 1 atom stereocenters. The minimum absolute atomic E-state index is 0.0564. The van der Waals surface area contributed by atoms with Crippen molar-refractivity contribution >= 4 is 17.3 Å². The molecule has 0 radical (unpaired) electrons. The highest BCUT2D eigenvalue weighted by molar-refractivity contribution is 5.72. The smallest absolute Gasteiger partial charge is 0.410 e. The van der Waals surface area contributed by atoms with Gasteiger partial charge in [-0.05, 0) is 47.5 Å². The first-order valence-corrected chi connectivity index (χ1v) is 10.7. The molecule has 9 heteroatoms. The third kappa shape index (κ3) is 4.60. The van der Waals surface area contributed by atoms with Crippen LogP contribution in [0.2, 0.25) is 0 Å². The van der Waals surface area contributed by atoms with Gasteiger partial charge in [0.2, 0.25) is 0 Å². The van der Waals surface area contributed by atoms with Gasteiger partial charge in [-0.2, -0.15) is 0 Å². The molecule has 1 saturated heterocycles. The minimum atomic E-state index is -0.564. The quantitative estimate of drug-likeness (QED) is 0.697. The van der Waals surface area contributed by atoms with Crippen LogP contribution in [0, 0.1) is 0 Å². The molecule has 0 bridgehead atoms. The minimum Gasteiger partial charge on any atom is -0.444 e. The average Bonchev–Trinajstić information content (AvgIpc) is 3.07. The SMILES string of the molecule is CC(C)=CCn1c(C2CCCN(C(=O)OC(C)(C)C)C2)nc2c1c(=O)n(C)c(=O)n2C. The van der Waals surface area contributed by atoms with E-state index in [1.807, 2.05) is 45.3 Å². The number of carbonyl (C=O) groups is 1. The maximum absolute atomic E-state index is 13.0. The van der Waals surface area contributed by atoms with E-state index in [2.05, 4.69) is 0 Å². The van der Waals surface area contributed by atoms with Crippen LogP contribution in [0.15, 0.2) is 21.2 Å². The highest BCUT2D eigenvalue weighted by atomic mass is 16.6. The molecule has 1 fully saturated rings. The fourth-order valence-electron chi connectivity index (χ4n) is 3.91. The predicted molar refractivity (Wildman–Crippen MR) is 119 cm³/mol. The summed E-state index contributed by atoms with van der Waals surface area (Å²) in [6, 6.07) is 0. The normalized spacial score (nSPS) is 17.1. The summed E-state index contributed by atoms with van der Waals surface area (Å²) in [7, 11) is 3.10. The number of hydrogen-bond donors (Lipinski definition) is 0. The number of allylic oxidation sites excluding steroid dienone is 2. The van der Waals surface area contributed by atoms with Gasteiger partial charge in [0.25, 0.3) is 5.56 Å². The van der Waals surface area contributed by atoms with Crippen LogP contribution in [0.25, 0.3) is 11.2 Å². The number of carbonyl (C=O) groups excluding carboxylic acids is 1. The summed E-state index contributed by atoms with van der Waals surface area (Å²) in [5.41, 5.74) is 0.568. The molecule has 9 nitrogen and oxygen atoms in total. The van der Waals surface area contributed by atoms with Crippen LogP contribution in [0.5, 0.6) is 0 Å². The van der Waals surface area contributed by atoms with E-state index < -0.39 is 11.3 Å². The molecule has 0 saturated carbocycles. The zero-order chi connectivity index (χ0) is 23.1. The molecule has 0 N–H and O–H groups in total. The molecule has 1 amide bonds. The van der Waals surface area contributed by atoms with E-state index in [-0.39, 0.29) is 17.6 Å². The van der Waals surface area contributed by atoms with Crippen LogP contribution in [-0.2, 0) is 25.4 Å². The van der Waals surface area contributed by atoms with E-state index in [1.54, 1.807) is 11.9 Å². The van der Waals surface area contributed by atoms with Gasteiger partial charge in [-0.25, -0.2) is 14.6 Å². The Kier molecular flexibility index (Phi) is 6.16. The Hall–Kier alpha value is -2.84. The molecule has 1 aliphatic heterocycles. The summed E-state index contributed by atoms with van der Waals surface area (Å²) >= 11 is 0. The fourth-order valence-corrected chi connectivity index (χ4v) is 3.91. The van der Waals surface area contributed by atoms with Crippen LogP contribution in [0.3, 0.4) is 0 Å². The maximum Gasteiger partial charge on any atom is 0.410 e. The number of rotatable bonds is 3. The lowest BCUT2D eigenvalue weighted by molar-refractivity contribution is 0.0195. The van der Waals surface area contributed by atoms with Crippen molar-refractivity contribution in [3.05, 3.63) is 38.3 Å². The van der Waals surface area contributed by atoms with Gasteiger partial charge < -0.3 is 14.2 Å². The Morgan fingerprint density at radius 1 is 1.19 bits per heavy atom. The second-order valence-corrected chi connectivity index (χ2v) is 9.51. The Bertz CT molecular complexity index is 1140. The molecule has 170 valence electrons. The number of aryl methyl sites for hydroxylation is 1. The molecule has 0 aliphatic carbocycles. The van der Waals surface area contributed by atoms with E-state index >= 15 is 0 Å². The molecule has 31 heavy (non-hydrogen) atoms. The van der Waals surface area contributed by atoms with Gasteiger partial charge in [0, 0.05) is 39.6 Å². The first kappa shape index (κ1) is 22.8. The topological polar surface area (TPSA) is 91.4 Å². The number of piperidine rings is 1. The van der Waals surface area contributed by atoms with Gasteiger partial charge in [0.1, 0.15) is 11.4 Å². The molecular formula is C22H33N5O4. The van der Waals surface area contributed by atoms with Crippen molar-refractivity contribution in [3.8, 4) is 0 Å². The number of fused-ring (bicyclic) bond motifs is 1. The first-order valence-electron chi connectivity index (χ1n) is 10.7. The van der Waals surface area contributed by atoms with Gasteiger partial charge in [0.05, 0.1) is 0 Å². The number of amides is 1. The number of nitrogens with zero attached hydrogens (tertiary/aromatic N) is 5. The van der Waals surface area contributed by atoms with Crippen molar-refractivity contribution in [2.45, 2.75) is 65.5 Å².